The van der Waals surface area contributed by atoms with Crippen molar-refractivity contribution in [3.8, 4) is 5.69 Å². The molecular weight excluding hydrogens is 338 g/mol. The minimum Gasteiger partial charge on any atom is -0.339 e. The van der Waals surface area contributed by atoms with E-state index in [9.17, 15) is 9.59 Å². The van der Waals surface area contributed by atoms with Gasteiger partial charge >= 0.3 is 0 Å². The Balaban J connectivity index is 1.58. The molecule has 1 fully saturated rings. The molecule has 1 aliphatic rings. The fraction of sp³-hybridized carbons (Fsp3) is 0.412. The van der Waals surface area contributed by atoms with Gasteiger partial charge in [0.1, 0.15) is 6.33 Å². The van der Waals surface area contributed by atoms with Gasteiger partial charge in [-0.05, 0) is 19.1 Å². The summed E-state index contributed by atoms with van der Waals surface area (Å²) in [6.07, 6.45) is 1.66. The van der Waals surface area contributed by atoms with Gasteiger partial charge in [-0.25, -0.2) is 0 Å². The van der Waals surface area contributed by atoms with E-state index in [1.807, 2.05) is 35.8 Å². The first kappa shape index (κ1) is 17.5. The molecule has 3 rings (SSSR count). The number of rotatable bonds is 4. The van der Waals surface area contributed by atoms with Crippen LogP contribution in [-0.2, 0) is 9.59 Å². The third-order valence-corrected chi connectivity index (χ3v) is 5.16. The molecule has 2 amide bonds. The highest BCUT2D eigenvalue weighted by Crippen LogP contribution is 2.20. The quantitative estimate of drug-likeness (QED) is 0.771. The van der Waals surface area contributed by atoms with E-state index in [1.165, 1.54) is 17.3 Å². The summed E-state index contributed by atoms with van der Waals surface area (Å²) in [6, 6.07) is 8.07. The zero-order valence-electron chi connectivity index (χ0n) is 14.4. The van der Waals surface area contributed by atoms with Gasteiger partial charge in [0.25, 0.3) is 0 Å². The minimum atomic E-state index is 0.0617. The Morgan fingerprint density at radius 2 is 1.72 bits per heavy atom. The van der Waals surface area contributed by atoms with E-state index in [2.05, 4.69) is 10.2 Å². The standard InChI is InChI=1S/C17H21N5O2S/c1-13-3-5-15(6-4-13)22-12-18-19-17(22)25-11-16(24)21-9-7-20(8-10-21)14(2)23/h3-6,12H,7-11H2,1-2H3. The van der Waals surface area contributed by atoms with Crippen molar-refractivity contribution < 1.29 is 9.59 Å². The summed E-state index contributed by atoms with van der Waals surface area (Å²) in [5.74, 6) is 0.435. The maximum absolute atomic E-state index is 12.4. The van der Waals surface area contributed by atoms with Crippen molar-refractivity contribution in [2.24, 2.45) is 0 Å². The minimum absolute atomic E-state index is 0.0617. The summed E-state index contributed by atoms with van der Waals surface area (Å²) < 4.78 is 1.88. The second-order valence-corrected chi connectivity index (χ2v) is 6.94. The molecule has 0 radical (unpaired) electrons. The normalized spacial score (nSPS) is 14.6. The maximum Gasteiger partial charge on any atom is 0.233 e. The Morgan fingerprint density at radius 1 is 1.08 bits per heavy atom. The van der Waals surface area contributed by atoms with Crippen molar-refractivity contribution in [2.45, 2.75) is 19.0 Å². The van der Waals surface area contributed by atoms with E-state index in [0.29, 0.717) is 37.1 Å². The van der Waals surface area contributed by atoms with E-state index in [4.69, 9.17) is 0 Å². The lowest BCUT2D eigenvalue weighted by Gasteiger charge is -2.34. The summed E-state index contributed by atoms with van der Waals surface area (Å²) in [6.45, 7) is 5.98. The predicted octanol–water partition coefficient (Wildman–Crippen LogP) is 1.36. The number of hydrogen-bond acceptors (Lipinski definition) is 5. The molecule has 0 saturated carbocycles. The van der Waals surface area contributed by atoms with Crippen LogP contribution in [0.25, 0.3) is 5.69 Å². The van der Waals surface area contributed by atoms with Gasteiger partial charge in [-0.1, -0.05) is 29.5 Å². The Morgan fingerprint density at radius 3 is 2.36 bits per heavy atom. The fourth-order valence-electron chi connectivity index (χ4n) is 2.69. The maximum atomic E-state index is 12.4. The molecule has 8 heteroatoms. The van der Waals surface area contributed by atoms with Crippen LogP contribution in [0.4, 0.5) is 0 Å². The molecule has 25 heavy (non-hydrogen) atoms. The topological polar surface area (TPSA) is 71.3 Å². The van der Waals surface area contributed by atoms with Gasteiger partial charge in [0, 0.05) is 38.8 Å². The Bertz CT molecular complexity index is 751. The van der Waals surface area contributed by atoms with Gasteiger partial charge in [0.05, 0.1) is 5.75 Å². The molecule has 1 aliphatic heterocycles. The molecule has 2 aromatic rings. The first-order valence-corrected chi connectivity index (χ1v) is 9.16. The molecule has 0 atom stereocenters. The van der Waals surface area contributed by atoms with Crippen LogP contribution in [-0.4, -0.2) is 68.3 Å². The smallest absolute Gasteiger partial charge is 0.233 e. The van der Waals surface area contributed by atoms with Gasteiger partial charge in [-0.3, -0.25) is 14.2 Å². The van der Waals surface area contributed by atoms with Gasteiger partial charge in [-0.15, -0.1) is 10.2 Å². The van der Waals surface area contributed by atoms with E-state index < -0.39 is 0 Å². The molecule has 7 nitrogen and oxygen atoms in total. The lowest BCUT2D eigenvalue weighted by molar-refractivity contribution is -0.136. The van der Waals surface area contributed by atoms with Gasteiger partial charge in [0.2, 0.25) is 11.8 Å². The number of carbonyl (C=O) groups is 2. The van der Waals surface area contributed by atoms with Gasteiger partial charge < -0.3 is 9.80 Å². The summed E-state index contributed by atoms with van der Waals surface area (Å²) in [5.41, 5.74) is 2.16. The van der Waals surface area contributed by atoms with E-state index in [1.54, 1.807) is 23.1 Å². The van der Waals surface area contributed by atoms with Crippen LogP contribution in [0.15, 0.2) is 35.7 Å². The Labute approximate surface area is 151 Å². The molecular formula is C17H21N5O2S. The number of piperazine rings is 1. The van der Waals surface area contributed by atoms with E-state index >= 15 is 0 Å². The molecule has 1 aromatic heterocycles. The van der Waals surface area contributed by atoms with Crippen molar-refractivity contribution in [1.82, 2.24) is 24.6 Å². The predicted molar refractivity (Wildman–Crippen MR) is 95.7 cm³/mol. The van der Waals surface area contributed by atoms with Crippen LogP contribution < -0.4 is 0 Å². The lowest BCUT2D eigenvalue weighted by Crippen LogP contribution is -2.50. The Kier molecular flexibility index (Phi) is 5.37. The van der Waals surface area contributed by atoms with Crippen molar-refractivity contribution >= 4 is 23.6 Å². The molecule has 1 saturated heterocycles. The lowest BCUT2D eigenvalue weighted by atomic mass is 10.2. The van der Waals surface area contributed by atoms with Crippen LogP contribution in [0.5, 0.6) is 0 Å². The van der Waals surface area contributed by atoms with E-state index in [0.717, 1.165) is 5.69 Å². The van der Waals surface area contributed by atoms with Crippen molar-refractivity contribution in [1.29, 1.82) is 0 Å². The summed E-state index contributed by atoms with van der Waals surface area (Å²) in [5, 5.41) is 8.78. The second-order valence-electron chi connectivity index (χ2n) is 5.99. The number of aromatic nitrogens is 3. The highest BCUT2D eigenvalue weighted by atomic mass is 32.2. The highest BCUT2D eigenvalue weighted by Gasteiger charge is 2.22. The third-order valence-electron chi connectivity index (χ3n) is 4.23. The first-order chi connectivity index (χ1) is 12.0. The monoisotopic (exact) mass is 359 g/mol. The zero-order valence-corrected chi connectivity index (χ0v) is 15.2. The Hall–Kier alpha value is -2.35. The number of hydrogen-bond donors (Lipinski definition) is 0. The summed E-state index contributed by atoms with van der Waals surface area (Å²) in [4.78, 5) is 27.3. The van der Waals surface area contributed by atoms with Crippen molar-refractivity contribution in [3.63, 3.8) is 0 Å². The number of benzene rings is 1. The molecule has 2 heterocycles. The number of nitrogens with zero attached hydrogens (tertiary/aromatic N) is 5. The average molecular weight is 359 g/mol. The molecule has 132 valence electrons. The number of amides is 2. The summed E-state index contributed by atoms with van der Waals surface area (Å²) >= 11 is 1.38. The first-order valence-electron chi connectivity index (χ1n) is 8.18. The molecule has 1 aromatic carbocycles. The largest absolute Gasteiger partial charge is 0.339 e. The number of carbonyl (C=O) groups excluding carboxylic acids is 2. The van der Waals surface area contributed by atoms with Gasteiger partial charge in [0.15, 0.2) is 5.16 Å². The molecule has 0 unspecified atom stereocenters. The second kappa shape index (κ2) is 7.69. The highest BCUT2D eigenvalue weighted by molar-refractivity contribution is 7.99. The average Bonchev–Trinajstić information content (AvgIpc) is 3.09. The SMILES string of the molecule is CC(=O)N1CCN(C(=O)CSc2nncn2-c2ccc(C)cc2)CC1. The molecule has 0 N–H and O–H groups in total. The van der Waals surface area contributed by atoms with Crippen molar-refractivity contribution in [2.75, 3.05) is 31.9 Å². The van der Waals surface area contributed by atoms with Crippen molar-refractivity contribution in [3.05, 3.63) is 36.2 Å². The fourth-order valence-corrected chi connectivity index (χ4v) is 3.53. The number of aryl methyl sites for hydroxylation is 1. The van der Waals surface area contributed by atoms with Crippen LogP contribution in [0.1, 0.15) is 12.5 Å². The summed E-state index contributed by atoms with van der Waals surface area (Å²) in [7, 11) is 0. The third kappa shape index (κ3) is 4.19. The van der Waals surface area contributed by atoms with E-state index in [-0.39, 0.29) is 11.8 Å². The van der Waals surface area contributed by atoms with Gasteiger partial charge in [-0.2, -0.15) is 0 Å². The number of thioether (sulfide) groups is 1. The zero-order chi connectivity index (χ0) is 17.8. The molecule has 0 spiro atoms. The van der Waals surface area contributed by atoms with Crippen LogP contribution in [0.2, 0.25) is 0 Å². The van der Waals surface area contributed by atoms with Crippen LogP contribution in [0.3, 0.4) is 0 Å². The van der Waals surface area contributed by atoms with Crippen LogP contribution >= 0.6 is 11.8 Å². The molecule has 0 bridgehead atoms. The van der Waals surface area contributed by atoms with Crippen LogP contribution in [0, 0.1) is 6.92 Å². The molecule has 0 aliphatic carbocycles.